The predicted octanol–water partition coefficient (Wildman–Crippen LogP) is 0.0538. The molecule has 0 aromatic heterocycles. The number of carbonyl (C=O) groups is 2. The van der Waals surface area contributed by atoms with Gasteiger partial charge in [-0.1, -0.05) is 0 Å². The van der Waals surface area contributed by atoms with Crippen LogP contribution in [0.25, 0.3) is 0 Å². The summed E-state index contributed by atoms with van der Waals surface area (Å²) in [6.45, 7) is 5.59. The Bertz CT molecular complexity index is 250. The van der Waals surface area contributed by atoms with Crippen molar-refractivity contribution in [2.45, 2.75) is 32.7 Å². The van der Waals surface area contributed by atoms with Crippen molar-refractivity contribution in [1.29, 1.82) is 0 Å². The molecule has 2 atom stereocenters. The average molecular weight is 228 g/mol. The smallest absolute Gasteiger partial charge is 0.328 e. The minimum atomic E-state index is -0.554. The molecule has 5 nitrogen and oxygen atoms in total. The summed E-state index contributed by atoms with van der Waals surface area (Å²) in [6.07, 6.45) is 1.51. The monoisotopic (exact) mass is 228 g/mol. The van der Waals surface area contributed by atoms with Gasteiger partial charge in [-0.3, -0.25) is 4.79 Å². The standard InChI is InChI=1S/C11H20N2O3/c1-3-16-11(15)8(2)13-10(14)6-9-4-5-12-7-9/h8-9,12H,3-7H2,1-2H3,(H,13,14). The van der Waals surface area contributed by atoms with E-state index >= 15 is 0 Å². The van der Waals surface area contributed by atoms with Crippen molar-refractivity contribution in [3.63, 3.8) is 0 Å². The number of ether oxygens (including phenoxy) is 1. The zero-order chi connectivity index (χ0) is 12.0. The Morgan fingerprint density at radius 3 is 2.88 bits per heavy atom. The van der Waals surface area contributed by atoms with Gasteiger partial charge < -0.3 is 15.4 Å². The number of carbonyl (C=O) groups excluding carboxylic acids is 2. The van der Waals surface area contributed by atoms with Gasteiger partial charge in [0.25, 0.3) is 0 Å². The van der Waals surface area contributed by atoms with Crippen LogP contribution in [0.15, 0.2) is 0 Å². The molecule has 0 aromatic carbocycles. The molecule has 5 heteroatoms. The predicted molar refractivity (Wildman–Crippen MR) is 59.8 cm³/mol. The molecule has 2 N–H and O–H groups in total. The molecule has 0 radical (unpaired) electrons. The summed E-state index contributed by atoms with van der Waals surface area (Å²) in [5.41, 5.74) is 0. The zero-order valence-electron chi connectivity index (χ0n) is 9.91. The van der Waals surface area contributed by atoms with Crippen LogP contribution in [0.5, 0.6) is 0 Å². The van der Waals surface area contributed by atoms with Crippen LogP contribution in [0.3, 0.4) is 0 Å². The van der Waals surface area contributed by atoms with Crippen molar-refractivity contribution < 1.29 is 14.3 Å². The first-order chi connectivity index (χ1) is 7.63. The lowest BCUT2D eigenvalue weighted by Gasteiger charge is -2.14. The van der Waals surface area contributed by atoms with Crippen LogP contribution in [0.4, 0.5) is 0 Å². The van der Waals surface area contributed by atoms with E-state index in [1.54, 1.807) is 13.8 Å². The number of nitrogens with one attached hydrogen (secondary N) is 2. The van der Waals surface area contributed by atoms with Crippen LogP contribution in [-0.2, 0) is 14.3 Å². The SMILES string of the molecule is CCOC(=O)C(C)NC(=O)CC1CCNC1. The van der Waals surface area contributed by atoms with E-state index in [0.717, 1.165) is 19.5 Å². The average Bonchev–Trinajstić information content (AvgIpc) is 2.70. The molecule has 1 amide bonds. The van der Waals surface area contributed by atoms with Gasteiger partial charge in [-0.25, -0.2) is 4.79 Å². The summed E-state index contributed by atoms with van der Waals surface area (Å²) >= 11 is 0. The number of hydrogen-bond donors (Lipinski definition) is 2. The van der Waals surface area contributed by atoms with Crippen molar-refractivity contribution in [1.82, 2.24) is 10.6 Å². The van der Waals surface area contributed by atoms with Gasteiger partial charge in [0, 0.05) is 6.42 Å². The molecule has 92 valence electrons. The third-order valence-corrected chi connectivity index (χ3v) is 2.65. The van der Waals surface area contributed by atoms with Crippen LogP contribution in [-0.4, -0.2) is 37.6 Å². The minimum absolute atomic E-state index is 0.0748. The third-order valence-electron chi connectivity index (χ3n) is 2.65. The molecule has 1 rings (SSSR count). The molecule has 1 saturated heterocycles. The Labute approximate surface area is 95.9 Å². The van der Waals surface area contributed by atoms with Crippen LogP contribution in [0.2, 0.25) is 0 Å². The maximum Gasteiger partial charge on any atom is 0.328 e. The van der Waals surface area contributed by atoms with Crippen molar-refractivity contribution >= 4 is 11.9 Å². The first-order valence-electron chi connectivity index (χ1n) is 5.80. The molecule has 1 aliphatic rings. The number of rotatable bonds is 5. The second-order valence-electron chi connectivity index (χ2n) is 4.10. The van der Waals surface area contributed by atoms with Gasteiger partial charge in [-0.2, -0.15) is 0 Å². The molecule has 0 saturated carbocycles. The fraction of sp³-hybridized carbons (Fsp3) is 0.818. The van der Waals surface area contributed by atoms with E-state index in [-0.39, 0.29) is 11.9 Å². The van der Waals surface area contributed by atoms with Crippen molar-refractivity contribution in [2.75, 3.05) is 19.7 Å². The number of amides is 1. The van der Waals surface area contributed by atoms with Gasteiger partial charge in [0.1, 0.15) is 6.04 Å². The minimum Gasteiger partial charge on any atom is -0.464 e. The Morgan fingerprint density at radius 1 is 1.56 bits per heavy atom. The zero-order valence-corrected chi connectivity index (χ0v) is 9.91. The molecule has 1 fully saturated rings. The summed E-state index contributed by atoms with van der Waals surface area (Å²) in [6, 6.07) is -0.554. The van der Waals surface area contributed by atoms with Gasteiger partial charge >= 0.3 is 5.97 Å². The largest absolute Gasteiger partial charge is 0.464 e. The van der Waals surface area contributed by atoms with Gasteiger partial charge in [-0.15, -0.1) is 0 Å². The molecule has 1 aliphatic heterocycles. The summed E-state index contributed by atoms with van der Waals surface area (Å²) in [4.78, 5) is 22.8. The third kappa shape index (κ3) is 4.18. The fourth-order valence-electron chi connectivity index (χ4n) is 1.78. The highest BCUT2D eigenvalue weighted by molar-refractivity contribution is 5.84. The normalized spacial score (nSPS) is 21.5. The lowest BCUT2D eigenvalue weighted by Crippen LogP contribution is -2.40. The molecule has 16 heavy (non-hydrogen) atoms. The van der Waals surface area contributed by atoms with Gasteiger partial charge in [0.05, 0.1) is 6.61 Å². The molecule has 0 spiro atoms. The quantitative estimate of drug-likeness (QED) is 0.653. The van der Waals surface area contributed by atoms with Crippen molar-refractivity contribution in [2.24, 2.45) is 5.92 Å². The maximum atomic E-state index is 11.6. The van der Waals surface area contributed by atoms with Gasteiger partial charge in [0.15, 0.2) is 0 Å². The Balaban J connectivity index is 2.24. The first kappa shape index (κ1) is 13.0. The second kappa shape index (κ2) is 6.48. The van der Waals surface area contributed by atoms with E-state index in [9.17, 15) is 9.59 Å². The molecular weight excluding hydrogens is 208 g/mol. The van der Waals surface area contributed by atoms with E-state index < -0.39 is 6.04 Å². The van der Waals surface area contributed by atoms with Crippen molar-refractivity contribution in [3.8, 4) is 0 Å². The van der Waals surface area contributed by atoms with Gasteiger partial charge in [-0.05, 0) is 39.3 Å². The highest BCUT2D eigenvalue weighted by Gasteiger charge is 2.21. The highest BCUT2D eigenvalue weighted by atomic mass is 16.5. The van der Waals surface area contributed by atoms with E-state index in [1.165, 1.54) is 0 Å². The second-order valence-corrected chi connectivity index (χ2v) is 4.10. The lowest BCUT2D eigenvalue weighted by molar-refractivity contribution is -0.146. The van der Waals surface area contributed by atoms with Crippen LogP contribution >= 0.6 is 0 Å². The number of esters is 1. The van der Waals surface area contributed by atoms with Crippen LogP contribution < -0.4 is 10.6 Å². The molecule has 0 bridgehead atoms. The molecule has 0 aliphatic carbocycles. The first-order valence-corrected chi connectivity index (χ1v) is 5.80. The van der Waals surface area contributed by atoms with Gasteiger partial charge in [0.2, 0.25) is 5.91 Å². The maximum absolute atomic E-state index is 11.6. The van der Waals surface area contributed by atoms with E-state index in [1.807, 2.05) is 0 Å². The Hall–Kier alpha value is -1.10. The molecule has 2 unspecified atom stereocenters. The Morgan fingerprint density at radius 2 is 2.31 bits per heavy atom. The Kier molecular flexibility index (Phi) is 5.25. The fourth-order valence-corrected chi connectivity index (χ4v) is 1.78. The summed E-state index contributed by atoms with van der Waals surface area (Å²) < 4.78 is 4.81. The van der Waals surface area contributed by atoms with E-state index in [2.05, 4.69) is 10.6 Å². The van der Waals surface area contributed by atoms with E-state index in [4.69, 9.17) is 4.74 Å². The van der Waals surface area contributed by atoms with E-state index in [0.29, 0.717) is 18.9 Å². The highest BCUT2D eigenvalue weighted by Crippen LogP contribution is 2.11. The van der Waals surface area contributed by atoms with Crippen LogP contribution in [0.1, 0.15) is 26.7 Å². The molecule has 0 aromatic rings. The summed E-state index contributed by atoms with van der Waals surface area (Å²) in [7, 11) is 0. The molecular formula is C11H20N2O3. The number of hydrogen-bond acceptors (Lipinski definition) is 4. The topological polar surface area (TPSA) is 67.4 Å². The molecule has 1 heterocycles. The summed E-state index contributed by atoms with van der Waals surface area (Å²) in [5, 5.41) is 5.85. The van der Waals surface area contributed by atoms with Crippen molar-refractivity contribution in [3.05, 3.63) is 0 Å². The van der Waals surface area contributed by atoms with Crippen LogP contribution in [0, 0.1) is 5.92 Å². The summed E-state index contributed by atoms with van der Waals surface area (Å²) in [5.74, 6) is -0.0518. The lowest BCUT2D eigenvalue weighted by atomic mass is 10.0.